The zero-order valence-corrected chi connectivity index (χ0v) is 13.3. The summed E-state index contributed by atoms with van der Waals surface area (Å²) < 4.78 is 10.7. The maximum Gasteiger partial charge on any atom is 0.323 e. The largest absolute Gasteiger partial charge is 0.480 e. The van der Waals surface area contributed by atoms with Crippen LogP contribution in [0, 0.1) is 0 Å². The number of halogens is 1. The fraction of sp³-hybridized carbons (Fsp3) is 0.154. The highest BCUT2D eigenvalue weighted by Crippen LogP contribution is 2.39. The number of hydrogen-bond acceptors (Lipinski definition) is 6. The molecule has 1 amide bonds. The molecule has 6 nitrogen and oxygen atoms in total. The lowest BCUT2D eigenvalue weighted by atomic mass is 10.2. The number of carbonyl (C=O) groups excluding carboxylic acids is 1. The first kappa shape index (κ1) is 15.1. The number of hydrogen-bond donors (Lipinski definition) is 1. The number of ether oxygens (including phenoxy) is 2. The summed E-state index contributed by atoms with van der Waals surface area (Å²) in [6.45, 7) is -0.341. The molecule has 2 aliphatic rings. The van der Waals surface area contributed by atoms with Gasteiger partial charge in [0.15, 0.2) is 11.5 Å². The number of carbonyl (C=O) groups is 2. The van der Waals surface area contributed by atoms with Crippen molar-refractivity contribution in [3.05, 3.63) is 27.6 Å². The van der Waals surface area contributed by atoms with Crippen molar-refractivity contribution in [2.24, 2.45) is 0 Å². The van der Waals surface area contributed by atoms with E-state index in [0.717, 1.165) is 16.7 Å². The maximum absolute atomic E-state index is 12.2. The molecule has 0 atom stereocenters. The van der Waals surface area contributed by atoms with Crippen LogP contribution in [0.3, 0.4) is 0 Å². The smallest absolute Gasteiger partial charge is 0.323 e. The van der Waals surface area contributed by atoms with Gasteiger partial charge in [-0.3, -0.25) is 14.5 Å². The maximum atomic E-state index is 12.2. The Bertz CT molecular complexity index is 733. The van der Waals surface area contributed by atoms with E-state index in [0.29, 0.717) is 27.0 Å². The van der Waals surface area contributed by atoms with Crippen LogP contribution < -0.4 is 9.47 Å². The lowest BCUT2D eigenvalue weighted by Gasteiger charge is -2.10. The molecule has 22 heavy (non-hydrogen) atoms. The Balaban J connectivity index is 1.91. The average molecular weight is 358 g/mol. The van der Waals surface area contributed by atoms with Gasteiger partial charge in [-0.1, -0.05) is 35.6 Å². The summed E-state index contributed by atoms with van der Waals surface area (Å²) in [5, 5.41) is 9.20. The molecule has 9 heteroatoms. The number of rotatable bonds is 3. The Morgan fingerprint density at radius 3 is 2.82 bits per heavy atom. The van der Waals surface area contributed by atoms with E-state index in [4.69, 9.17) is 38.4 Å². The minimum Gasteiger partial charge on any atom is -0.480 e. The second-order valence-electron chi connectivity index (χ2n) is 4.39. The summed E-state index contributed by atoms with van der Waals surface area (Å²) in [6, 6.07) is 3.27. The van der Waals surface area contributed by atoms with Crippen LogP contribution in [0.1, 0.15) is 5.56 Å². The summed E-state index contributed by atoms with van der Waals surface area (Å²) in [7, 11) is 0. The highest BCUT2D eigenvalue weighted by atomic mass is 35.5. The normalized spacial score (nSPS) is 18.4. The number of amides is 1. The van der Waals surface area contributed by atoms with E-state index < -0.39 is 18.4 Å². The van der Waals surface area contributed by atoms with Crippen molar-refractivity contribution in [3.63, 3.8) is 0 Å². The van der Waals surface area contributed by atoms with E-state index in [-0.39, 0.29) is 11.1 Å². The number of benzene rings is 1. The third-order valence-corrected chi connectivity index (χ3v) is 4.65. The molecule has 1 aromatic rings. The van der Waals surface area contributed by atoms with Crippen molar-refractivity contribution >= 4 is 57.9 Å². The van der Waals surface area contributed by atoms with Crippen molar-refractivity contribution in [1.29, 1.82) is 0 Å². The van der Waals surface area contributed by atoms with Crippen LogP contribution in [-0.2, 0) is 9.59 Å². The number of thiocarbonyl (C=S) groups is 1. The Kier molecular flexibility index (Phi) is 3.98. The fourth-order valence-electron chi connectivity index (χ4n) is 1.96. The summed E-state index contributed by atoms with van der Waals surface area (Å²) in [5.74, 6) is -0.498. The molecule has 1 N–H and O–H groups in total. The summed E-state index contributed by atoms with van der Waals surface area (Å²) in [6.07, 6.45) is 1.56. The Morgan fingerprint density at radius 1 is 1.45 bits per heavy atom. The van der Waals surface area contributed by atoms with E-state index in [1.165, 1.54) is 0 Å². The van der Waals surface area contributed by atoms with Crippen molar-refractivity contribution in [3.8, 4) is 11.5 Å². The molecule has 2 aliphatic heterocycles. The number of carboxylic acid groups (broad SMARTS) is 1. The van der Waals surface area contributed by atoms with Gasteiger partial charge in [0.05, 0.1) is 9.93 Å². The van der Waals surface area contributed by atoms with E-state index in [1.807, 2.05) is 0 Å². The quantitative estimate of drug-likeness (QED) is 0.657. The zero-order chi connectivity index (χ0) is 15.9. The Hall–Kier alpha value is -1.77. The highest BCUT2D eigenvalue weighted by Gasteiger charge is 2.33. The van der Waals surface area contributed by atoms with Gasteiger partial charge in [-0.15, -0.1) is 0 Å². The van der Waals surface area contributed by atoms with Crippen LogP contribution in [0.4, 0.5) is 0 Å². The van der Waals surface area contributed by atoms with Crippen molar-refractivity contribution < 1.29 is 24.2 Å². The molecule has 0 aliphatic carbocycles. The van der Waals surface area contributed by atoms with E-state index in [2.05, 4.69) is 0 Å². The van der Waals surface area contributed by atoms with Gasteiger partial charge in [-0.25, -0.2) is 0 Å². The minimum atomic E-state index is -1.13. The molecule has 0 unspecified atom stereocenters. The van der Waals surface area contributed by atoms with Crippen LogP contribution >= 0.6 is 35.6 Å². The molecule has 0 spiro atoms. The molecule has 2 heterocycles. The van der Waals surface area contributed by atoms with Gasteiger partial charge in [0, 0.05) is 6.07 Å². The standard InChI is InChI=1S/C13H8ClNO5S2/c14-7-3-9-8(19-5-20-9)1-6(7)2-10-12(18)15(4-11(16)17)13(21)22-10/h1-3H,4-5H2,(H,16,17)/b10-2+. The van der Waals surface area contributed by atoms with Gasteiger partial charge >= 0.3 is 5.97 Å². The molecule has 1 aromatic carbocycles. The lowest BCUT2D eigenvalue weighted by Crippen LogP contribution is -2.33. The Morgan fingerprint density at radius 2 is 2.14 bits per heavy atom. The third-order valence-electron chi connectivity index (χ3n) is 2.95. The van der Waals surface area contributed by atoms with E-state index in [9.17, 15) is 9.59 Å². The first-order chi connectivity index (χ1) is 10.5. The first-order valence-corrected chi connectivity index (χ1v) is 7.62. The van der Waals surface area contributed by atoms with E-state index >= 15 is 0 Å². The van der Waals surface area contributed by atoms with Gasteiger partial charge in [-0.05, 0) is 17.7 Å². The van der Waals surface area contributed by atoms with Crippen molar-refractivity contribution in [1.82, 2.24) is 4.90 Å². The van der Waals surface area contributed by atoms with Crippen molar-refractivity contribution in [2.45, 2.75) is 0 Å². The zero-order valence-electron chi connectivity index (χ0n) is 10.9. The molecule has 0 radical (unpaired) electrons. The fourth-order valence-corrected chi connectivity index (χ4v) is 3.41. The van der Waals surface area contributed by atoms with Crippen LogP contribution in [0.15, 0.2) is 17.0 Å². The Labute approximate surface area is 139 Å². The summed E-state index contributed by atoms with van der Waals surface area (Å²) in [5.41, 5.74) is 0.571. The van der Waals surface area contributed by atoms with Gasteiger partial charge in [0.2, 0.25) is 6.79 Å². The van der Waals surface area contributed by atoms with Crippen LogP contribution in [-0.4, -0.2) is 39.5 Å². The summed E-state index contributed by atoms with van der Waals surface area (Å²) in [4.78, 5) is 24.3. The molecule has 114 valence electrons. The lowest BCUT2D eigenvalue weighted by molar-refractivity contribution is -0.140. The molecule has 0 bridgehead atoms. The van der Waals surface area contributed by atoms with E-state index in [1.54, 1.807) is 18.2 Å². The first-order valence-electron chi connectivity index (χ1n) is 6.02. The van der Waals surface area contributed by atoms with Crippen molar-refractivity contribution in [2.75, 3.05) is 13.3 Å². The molecule has 0 aromatic heterocycles. The third kappa shape index (κ3) is 2.77. The average Bonchev–Trinajstić information content (AvgIpc) is 2.99. The molecular formula is C13H8ClNO5S2. The highest BCUT2D eigenvalue weighted by molar-refractivity contribution is 8.26. The number of fused-ring (bicyclic) bond motifs is 1. The molecule has 3 rings (SSSR count). The second kappa shape index (κ2) is 5.79. The molecule has 1 fully saturated rings. The van der Waals surface area contributed by atoms with Gasteiger partial charge < -0.3 is 14.6 Å². The van der Waals surface area contributed by atoms with Gasteiger partial charge in [-0.2, -0.15) is 0 Å². The predicted molar refractivity (Wildman–Crippen MR) is 85.1 cm³/mol. The minimum absolute atomic E-state index is 0.121. The number of thioether (sulfide) groups is 1. The second-order valence-corrected chi connectivity index (χ2v) is 6.47. The van der Waals surface area contributed by atoms with Gasteiger partial charge in [0.25, 0.3) is 5.91 Å². The monoisotopic (exact) mass is 357 g/mol. The van der Waals surface area contributed by atoms with Gasteiger partial charge in [0.1, 0.15) is 10.9 Å². The van der Waals surface area contributed by atoms with Crippen LogP contribution in [0.2, 0.25) is 5.02 Å². The van der Waals surface area contributed by atoms with Crippen LogP contribution in [0.25, 0.3) is 6.08 Å². The molecular weight excluding hydrogens is 350 g/mol. The summed E-state index contributed by atoms with van der Waals surface area (Å²) >= 11 is 12.2. The predicted octanol–water partition coefficient (Wildman–Crippen LogP) is 2.35. The number of nitrogens with zero attached hydrogens (tertiary/aromatic N) is 1. The topological polar surface area (TPSA) is 76.1 Å². The molecule has 1 saturated heterocycles. The SMILES string of the molecule is O=C(O)CN1C(=O)/C(=C\c2cc3c(cc2Cl)OCO3)SC1=S. The number of carboxylic acids is 1. The van der Waals surface area contributed by atoms with Crippen LogP contribution in [0.5, 0.6) is 11.5 Å². The molecule has 0 saturated carbocycles. The number of aliphatic carboxylic acids is 1.